The molecule has 4 rings (SSSR count). The van der Waals surface area contributed by atoms with Crippen LogP contribution in [0.3, 0.4) is 0 Å². The highest BCUT2D eigenvalue weighted by atomic mass is 32.2. The van der Waals surface area contributed by atoms with Crippen LogP contribution in [-0.4, -0.2) is 34.4 Å². The van der Waals surface area contributed by atoms with Crippen LogP contribution in [0.2, 0.25) is 0 Å². The van der Waals surface area contributed by atoms with Crippen molar-refractivity contribution in [1.82, 2.24) is 20.2 Å². The standard InChI is InChI=1S/C19H18N4O2S3/c1-24-15-6-5-12(8-16(15)25-2)18-20-13(10-27-18)11-28-19-21-17(22-23-19)9-14-4-3-7-26-14/h3-8,10H,9,11H2,1-2H3,(H,21,22,23). The van der Waals surface area contributed by atoms with Crippen LogP contribution in [0.1, 0.15) is 16.4 Å². The number of hydrogen-bond acceptors (Lipinski definition) is 8. The van der Waals surface area contributed by atoms with Crippen LogP contribution >= 0.6 is 34.4 Å². The minimum Gasteiger partial charge on any atom is -0.493 e. The molecule has 28 heavy (non-hydrogen) atoms. The van der Waals surface area contributed by atoms with Gasteiger partial charge in [0.2, 0.25) is 5.16 Å². The molecule has 0 saturated carbocycles. The Hall–Kier alpha value is -2.36. The summed E-state index contributed by atoms with van der Waals surface area (Å²) in [7, 11) is 3.26. The van der Waals surface area contributed by atoms with Crippen molar-refractivity contribution in [2.24, 2.45) is 0 Å². The lowest BCUT2D eigenvalue weighted by atomic mass is 10.2. The van der Waals surface area contributed by atoms with E-state index in [1.54, 1.807) is 48.7 Å². The van der Waals surface area contributed by atoms with Crippen LogP contribution in [0.5, 0.6) is 11.5 Å². The fourth-order valence-electron chi connectivity index (χ4n) is 2.61. The summed E-state index contributed by atoms with van der Waals surface area (Å²) in [5, 5.41) is 13.1. The van der Waals surface area contributed by atoms with Gasteiger partial charge in [-0.3, -0.25) is 5.10 Å². The third kappa shape index (κ3) is 4.37. The number of thiazole rings is 1. The van der Waals surface area contributed by atoms with Gasteiger partial charge in [0, 0.05) is 28.0 Å². The largest absolute Gasteiger partial charge is 0.493 e. The van der Waals surface area contributed by atoms with E-state index in [9.17, 15) is 0 Å². The number of nitrogens with zero attached hydrogens (tertiary/aromatic N) is 3. The van der Waals surface area contributed by atoms with Gasteiger partial charge in [0.25, 0.3) is 0 Å². The molecule has 3 heterocycles. The number of hydrogen-bond donors (Lipinski definition) is 1. The minimum absolute atomic E-state index is 0.699. The molecule has 0 saturated heterocycles. The SMILES string of the molecule is COc1ccc(-c2nc(CSc3n[nH]c(Cc4cccs4)n3)cs2)cc1OC. The van der Waals surface area contributed by atoms with Gasteiger partial charge >= 0.3 is 0 Å². The molecule has 0 radical (unpaired) electrons. The van der Waals surface area contributed by atoms with Gasteiger partial charge in [-0.15, -0.1) is 27.8 Å². The molecule has 0 fully saturated rings. The smallest absolute Gasteiger partial charge is 0.208 e. The molecule has 0 bridgehead atoms. The van der Waals surface area contributed by atoms with E-state index in [4.69, 9.17) is 14.5 Å². The van der Waals surface area contributed by atoms with Crippen molar-refractivity contribution < 1.29 is 9.47 Å². The highest BCUT2D eigenvalue weighted by molar-refractivity contribution is 7.98. The molecule has 0 aliphatic rings. The molecule has 6 nitrogen and oxygen atoms in total. The first kappa shape index (κ1) is 19.0. The number of ether oxygens (including phenoxy) is 2. The van der Waals surface area contributed by atoms with E-state index in [2.05, 4.69) is 32.0 Å². The fraction of sp³-hybridized carbons (Fsp3) is 0.211. The summed E-state index contributed by atoms with van der Waals surface area (Å²) < 4.78 is 10.7. The second-order valence-electron chi connectivity index (χ2n) is 5.82. The zero-order chi connectivity index (χ0) is 19.3. The Morgan fingerprint density at radius 2 is 1.96 bits per heavy atom. The predicted octanol–water partition coefficient (Wildman–Crippen LogP) is 4.89. The number of thiophene rings is 1. The maximum absolute atomic E-state index is 5.38. The highest BCUT2D eigenvalue weighted by Gasteiger charge is 2.11. The molecule has 3 aromatic heterocycles. The highest BCUT2D eigenvalue weighted by Crippen LogP contribution is 2.34. The van der Waals surface area contributed by atoms with E-state index < -0.39 is 0 Å². The van der Waals surface area contributed by atoms with Crippen molar-refractivity contribution >= 4 is 34.4 Å². The molecule has 9 heteroatoms. The maximum atomic E-state index is 5.38. The van der Waals surface area contributed by atoms with Gasteiger partial charge < -0.3 is 9.47 Å². The molecule has 4 aromatic rings. The third-order valence-corrected chi connectivity index (χ3v) is 6.66. The lowest BCUT2D eigenvalue weighted by Gasteiger charge is -2.08. The Bertz CT molecular complexity index is 1040. The summed E-state index contributed by atoms with van der Waals surface area (Å²) in [4.78, 5) is 10.6. The first-order chi connectivity index (χ1) is 13.7. The molecule has 0 aliphatic carbocycles. The summed E-state index contributed by atoms with van der Waals surface area (Å²) in [6.07, 6.45) is 0.783. The van der Waals surface area contributed by atoms with Crippen LogP contribution in [-0.2, 0) is 12.2 Å². The van der Waals surface area contributed by atoms with E-state index in [0.29, 0.717) is 11.5 Å². The second kappa shape index (κ2) is 8.76. The number of benzene rings is 1. The molecule has 0 spiro atoms. The molecule has 1 aromatic carbocycles. The van der Waals surface area contributed by atoms with Crippen molar-refractivity contribution in [2.75, 3.05) is 14.2 Å². The van der Waals surface area contributed by atoms with Crippen LogP contribution in [0.25, 0.3) is 10.6 Å². The third-order valence-electron chi connectivity index (χ3n) is 3.96. The second-order valence-corrected chi connectivity index (χ2v) is 8.66. The number of methoxy groups -OCH3 is 2. The summed E-state index contributed by atoms with van der Waals surface area (Å²) >= 11 is 4.91. The van der Waals surface area contributed by atoms with Crippen molar-refractivity contribution in [1.29, 1.82) is 0 Å². The molecular weight excluding hydrogens is 412 g/mol. The van der Waals surface area contributed by atoms with Crippen molar-refractivity contribution in [3.05, 3.63) is 57.5 Å². The lowest BCUT2D eigenvalue weighted by Crippen LogP contribution is -1.91. The number of nitrogens with one attached hydrogen (secondary N) is 1. The first-order valence-electron chi connectivity index (χ1n) is 8.48. The topological polar surface area (TPSA) is 72.9 Å². The van der Waals surface area contributed by atoms with Crippen LogP contribution in [0.4, 0.5) is 0 Å². The number of H-pyrrole nitrogens is 1. The first-order valence-corrected chi connectivity index (χ1v) is 11.2. The lowest BCUT2D eigenvalue weighted by molar-refractivity contribution is 0.355. The molecular formula is C19H18N4O2S3. The number of aromatic nitrogens is 4. The van der Waals surface area contributed by atoms with Gasteiger partial charge in [-0.1, -0.05) is 17.8 Å². The monoisotopic (exact) mass is 430 g/mol. The normalized spacial score (nSPS) is 10.9. The van der Waals surface area contributed by atoms with Crippen LogP contribution < -0.4 is 9.47 Å². The maximum Gasteiger partial charge on any atom is 0.208 e. The number of rotatable bonds is 8. The number of aromatic amines is 1. The Labute approximate surface area is 175 Å². The molecule has 144 valence electrons. The Balaban J connectivity index is 1.39. The van der Waals surface area contributed by atoms with Crippen LogP contribution in [0.15, 0.2) is 46.2 Å². The van der Waals surface area contributed by atoms with Crippen molar-refractivity contribution in [3.8, 4) is 22.1 Å². The predicted molar refractivity (Wildman–Crippen MR) is 114 cm³/mol. The molecule has 1 N–H and O–H groups in total. The quantitative estimate of drug-likeness (QED) is 0.401. The van der Waals surface area contributed by atoms with E-state index >= 15 is 0 Å². The van der Waals surface area contributed by atoms with Crippen LogP contribution in [0, 0.1) is 0 Å². The fourth-order valence-corrected chi connectivity index (χ4v) is 4.95. The van der Waals surface area contributed by atoms with Crippen molar-refractivity contribution in [3.63, 3.8) is 0 Å². The molecule has 0 aliphatic heterocycles. The van der Waals surface area contributed by atoms with Gasteiger partial charge in [-0.05, 0) is 29.6 Å². The molecule has 0 atom stereocenters. The summed E-state index contributed by atoms with van der Waals surface area (Å²) in [5.41, 5.74) is 2.01. The molecule has 0 amide bonds. The van der Waals surface area contributed by atoms with E-state index in [1.165, 1.54) is 4.88 Å². The zero-order valence-electron chi connectivity index (χ0n) is 15.3. The minimum atomic E-state index is 0.699. The van der Waals surface area contributed by atoms with E-state index in [0.717, 1.165) is 39.4 Å². The summed E-state index contributed by atoms with van der Waals surface area (Å²) in [5.74, 6) is 3.01. The Kier molecular flexibility index (Phi) is 5.94. The zero-order valence-corrected chi connectivity index (χ0v) is 17.8. The van der Waals surface area contributed by atoms with E-state index in [-0.39, 0.29) is 0 Å². The summed E-state index contributed by atoms with van der Waals surface area (Å²) in [6.45, 7) is 0. The summed E-state index contributed by atoms with van der Waals surface area (Å²) in [6, 6.07) is 9.98. The average molecular weight is 431 g/mol. The van der Waals surface area contributed by atoms with Gasteiger partial charge in [-0.25, -0.2) is 9.97 Å². The Morgan fingerprint density at radius 3 is 2.75 bits per heavy atom. The van der Waals surface area contributed by atoms with Gasteiger partial charge in [-0.2, -0.15) is 0 Å². The van der Waals surface area contributed by atoms with Gasteiger partial charge in [0.1, 0.15) is 10.8 Å². The molecule has 0 unspecified atom stereocenters. The van der Waals surface area contributed by atoms with Crippen molar-refractivity contribution in [2.45, 2.75) is 17.3 Å². The number of thioether (sulfide) groups is 1. The average Bonchev–Trinajstić information content (AvgIpc) is 3.48. The van der Waals surface area contributed by atoms with E-state index in [1.807, 2.05) is 24.3 Å². The Morgan fingerprint density at radius 1 is 1.07 bits per heavy atom. The van der Waals surface area contributed by atoms with Gasteiger partial charge in [0.05, 0.1) is 19.9 Å². The van der Waals surface area contributed by atoms with Gasteiger partial charge in [0.15, 0.2) is 11.5 Å².